The van der Waals surface area contributed by atoms with Crippen LogP contribution in [0, 0.1) is 3.57 Å². The van der Waals surface area contributed by atoms with E-state index in [1.807, 2.05) is 0 Å². The van der Waals surface area contributed by atoms with E-state index in [0.717, 1.165) is 6.20 Å². The van der Waals surface area contributed by atoms with Gasteiger partial charge < -0.3 is 5.11 Å². The van der Waals surface area contributed by atoms with Gasteiger partial charge in [0.05, 0.1) is 15.3 Å². The van der Waals surface area contributed by atoms with Gasteiger partial charge in [0.2, 0.25) is 0 Å². The smallest absolute Gasteiger partial charge is 0.271 e. The first-order valence-electron chi connectivity index (χ1n) is 3.30. The monoisotopic (exact) mass is 333 g/mol. The van der Waals surface area contributed by atoms with Crippen LogP contribution in [0.1, 0.15) is 22.5 Å². The minimum Gasteiger partial charge on any atom is -0.505 e. The topological polar surface area (TPSA) is 50.2 Å². The summed E-state index contributed by atoms with van der Waals surface area (Å²) in [7, 11) is 0. The van der Waals surface area contributed by atoms with E-state index in [1.165, 1.54) is 22.6 Å². The Bertz CT molecular complexity index is 386. The van der Waals surface area contributed by atoms with E-state index in [1.54, 1.807) is 0 Å². The Labute approximate surface area is 96.2 Å². The second-order valence-electron chi connectivity index (χ2n) is 2.29. The maximum Gasteiger partial charge on any atom is 0.271 e. The van der Waals surface area contributed by atoms with Crippen molar-refractivity contribution in [3.63, 3.8) is 0 Å². The highest BCUT2D eigenvalue weighted by Gasteiger charge is 2.23. The lowest BCUT2D eigenvalue weighted by atomic mass is 10.2. The molecule has 0 fully saturated rings. The average molecular weight is 333 g/mol. The van der Waals surface area contributed by atoms with Crippen molar-refractivity contribution >= 4 is 39.4 Å². The largest absolute Gasteiger partial charge is 0.505 e. The van der Waals surface area contributed by atoms with Crippen molar-refractivity contribution in [3.8, 4) is 5.75 Å². The van der Waals surface area contributed by atoms with Gasteiger partial charge >= 0.3 is 0 Å². The van der Waals surface area contributed by atoms with Gasteiger partial charge in [-0.1, -0.05) is 0 Å². The normalized spacial score (nSPS) is 10.6. The molecule has 1 rings (SSSR count). The van der Waals surface area contributed by atoms with E-state index in [0.29, 0.717) is 0 Å². The molecule has 7 heteroatoms. The van der Waals surface area contributed by atoms with Crippen molar-refractivity contribution in [2.45, 2.75) is 6.43 Å². The van der Waals surface area contributed by atoms with Crippen LogP contribution in [-0.2, 0) is 0 Å². The molecule has 0 atom stereocenters. The second-order valence-corrected chi connectivity index (χ2v) is 3.72. The maximum atomic E-state index is 12.5. The highest BCUT2D eigenvalue weighted by Crippen LogP contribution is 2.32. The predicted octanol–water partition coefficient (Wildman–Crippen LogP) is 2.71. The minimum absolute atomic E-state index is 0.114. The van der Waals surface area contributed by atoms with Crippen LogP contribution in [0.5, 0.6) is 5.75 Å². The molecule has 0 aliphatic carbocycles. The highest BCUT2D eigenvalue weighted by molar-refractivity contribution is 14.1. The molecule has 0 spiro atoms. The molecule has 0 bridgehead atoms. The van der Waals surface area contributed by atoms with Crippen molar-refractivity contribution < 1.29 is 18.7 Å². The van der Waals surface area contributed by atoms with Gasteiger partial charge in [0.25, 0.3) is 11.7 Å². The minimum atomic E-state index is -2.90. The molecule has 0 aliphatic heterocycles. The van der Waals surface area contributed by atoms with E-state index in [9.17, 15) is 13.6 Å². The summed E-state index contributed by atoms with van der Waals surface area (Å²) in [6.07, 6.45) is -2.00. The van der Waals surface area contributed by atoms with Crippen molar-refractivity contribution in [2.24, 2.45) is 0 Å². The Hall–Kier alpha value is -0.500. The molecule has 0 saturated carbocycles. The molecule has 0 saturated heterocycles. The van der Waals surface area contributed by atoms with Crippen molar-refractivity contribution in [1.82, 2.24) is 4.98 Å². The maximum absolute atomic E-state index is 12.5. The Morgan fingerprint density at radius 2 is 2.21 bits per heavy atom. The number of carbonyl (C=O) groups excluding carboxylic acids is 1. The standard InChI is InChI=1S/C7H3ClF2INO2/c8-6(14)5-3(7(9)10)4(11)2(13)1-12-5/h1,7,13H. The van der Waals surface area contributed by atoms with Crippen LogP contribution < -0.4 is 0 Å². The lowest BCUT2D eigenvalue weighted by molar-refractivity contribution is 0.106. The van der Waals surface area contributed by atoms with Crippen LogP contribution in [0.4, 0.5) is 8.78 Å². The van der Waals surface area contributed by atoms with Crippen molar-refractivity contribution in [1.29, 1.82) is 0 Å². The summed E-state index contributed by atoms with van der Waals surface area (Å²) >= 11 is 6.56. The molecule has 1 N–H and O–H groups in total. The molecule has 0 amide bonds. The molecule has 1 heterocycles. The van der Waals surface area contributed by atoms with Gasteiger partial charge in [-0.3, -0.25) is 4.79 Å². The lowest BCUT2D eigenvalue weighted by Gasteiger charge is -2.07. The van der Waals surface area contributed by atoms with Crippen LogP contribution >= 0.6 is 34.2 Å². The van der Waals surface area contributed by atoms with E-state index in [-0.39, 0.29) is 3.57 Å². The van der Waals surface area contributed by atoms with Gasteiger partial charge in [0.1, 0.15) is 11.4 Å². The summed E-state index contributed by atoms with van der Waals surface area (Å²) in [6.45, 7) is 0. The zero-order chi connectivity index (χ0) is 10.9. The summed E-state index contributed by atoms with van der Waals surface area (Å²) in [4.78, 5) is 14.1. The third-order valence-corrected chi connectivity index (χ3v) is 2.75. The number of halogens is 4. The zero-order valence-electron chi connectivity index (χ0n) is 6.47. The number of aromatic hydroxyl groups is 1. The number of hydrogen-bond donors (Lipinski definition) is 1. The summed E-state index contributed by atoms with van der Waals surface area (Å²) in [5.41, 5.74) is -1.16. The summed E-state index contributed by atoms with van der Waals surface area (Å²) < 4.78 is 24.8. The van der Waals surface area contributed by atoms with Gasteiger partial charge in [0.15, 0.2) is 0 Å². The van der Waals surface area contributed by atoms with Crippen LogP contribution in [0.15, 0.2) is 6.20 Å². The van der Waals surface area contributed by atoms with Crippen molar-refractivity contribution in [3.05, 3.63) is 21.0 Å². The Morgan fingerprint density at radius 3 is 2.64 bits per heavy atom. The number of aromatic nitrogens is 1. The molecule has 3 nitrogen and oxygen atoms in total. The Morgan fingerprint density at radius 1 is 1.64 bits per heavy atom. The van der Waals surface area contributed by atoms with Gasteiger partial charge in [-0.05, 0) is 34.2 Å². The molecule has 0 aromatic carbocycles. The SMILES string of the molecule is O=C(Cl)c1ncc(O)c(I)c1C(F)F. The molecule has 76 valence electrons. The Kier molecular flexibility index (Phi) is 3.59. The molecule has 14 heavy (non-hydrogen) atoms. The first kappa shape index (κ1) is 11.6. The van der Waals surface area contributed by atoms with Gasteiger partial charge in [0, 0.05) is 0 Å². The molecule has 0 radical (unpaired) electrons. The average Bonchev–Trinajstić information content (AvgIpc) is 2.08. The van der Waals surface area contributed by atoms with Gasteiger partial charge in [-0.15, -0.1) is 0 Å². The van der Waals surface area contributed by atoms with Crippen LogP contribution in [0.2, 0.25) is 0 Å². The van der Waals surface area contributed by atoms with E-state index in [4.69, 9.17) is 16.7 Å². The fraction of sp³-hybridized carbons (Fsp3) is 0.143. The molecule has 1 aromatic rings. The second kappa shape index (κ2) is 4.35. The number of nitrogens with zero attached hydrogens (tertiary/aromatic N) is 1. The van der Waals surface area contributed by atoms with E-state index in [2.05, 4.69) is 4.98 Å². The number of hydrogen-bond acceptors (Lipinski definition) is 3. The van der Waals surface area contributed by atoms with Crippen LogP contribution in [0.3, 0.4) is 0 Å². The van der Waals surface area contributed by atoms with Crippen LogP contribution in [0.25, 0.3) is 0 Å². The quantitative estimate of drug-likeness (QED) is 0.669. The number of alkyl halides is 2. The van der Waals surface area contributed by atoms with Gasteiger partial charge in [-0.25, -0.2) is 13.8 Å². The van der Waals surface area contributed by atoms with Crippen molar-refractivity contribution in [2.75, 3.05) is 0 Å². The highest BCUT2D eigenvalue weighted by atomic mass is 127. The lowest BCUT2D eigenvalue weighted by Crippen LogP contribution is -2.04. The third kappa shape index (κ3) is 2.11. The predicted molar refractivity (Wildman–Crippen MR) is 53.8 cm³/mol. The number of rotatable bonds is 2. The van der Waals surface area contributed by atoms with E-state index >= 15 is 0 Å². The van der Waals surface area contributed by atoms with E-state index < -0.39 is 28.7 Å². The summed E-state index contributed by atoms with van der Waals surface area (Å²) in [6, 6.07) is 0. The molecular formula is C7H3ClF2INO2. The summed E-state index contributed by atoms with van der Waals surface area (Å²) in [5, 5.41) is 8.03. The number of pyridine rings is 1. The molecule has 0 unspecified atom stereocenters. The van der Waals surface area contributed by atoms with Gasteiger partial charge in [-0.2, -0.15) is 0 Å². The summed E-state index contributed by atoms with van der Waals surface area (Å²) in [5.74, 6) is -0.400. The fourth-order valence-corrected chi connectivity index (χ4v) is 1.63. The van der Waals surface area contributed by atoms with Crippen LogP contribution in [-0.4, -0.2) is 15.3 Å². The first-order chi connectivity index (χ1) is 6.45. The zero-order valence-corrected chi connectivity index (χ0v) is 9.38. The Balaban J connectivity index is 3.45. The molecule has 1 aromatic heterocycles. The fourth-order valence-electron chi connectivity index (χ4n) is 0.850. The molecular weight excluding hydrogens is 330 g/mol. The molecule has 0 aliphatic rings. The number of carbonyl (C=O) groups is 1. The third-order valence-electron chi connectivity index (χ3n) is 1.44. The first-order valence-corrected chi connectivity index (χ1v) is 4.76.